The molecule has 6 N–H and O–H groups in total. The molecule has 0 radical (unpaired) electrons. The van der Waals surface area contributed by atoms with Gasteiger partial charge in [0.05, 0.1) is 7.11 Å². The molecule has 0 saturated heterocycles. The number of ether oxygens (including phenoxy) is 1. The molecule has 8 heteroatoms. The molecule has 1 aliphatic carbocycles. The Morgan fingerprint density at radius 3 is 2.71 bits per heavy atom. The molecule has 0 heterocycles. The SMILES string of the molecule is COC1=CC=C/C(=C/NNC(N)=O)C1=O.O.[Zn]. The van der Waals surface area contributed by atoms with Crippen LogP contribution in [0.3, 0.4) is 0 Å². The summed E-state index contributed by atoms with van der Waals surface area (Å²) in [4.78, 5) is 21.9. The van der Waals surface area contributed by atoms with E-state index < -0.39 is 6.03 Å². The number of carbonyl (C=O) groups excluding carboxylic acids is 2. The van der Waals surface area contributed by atoms with E-state index in [1.54, 1.807) is 18.2 Å². The Balaban J connectivity index is 0. The minimum absolute atomic E-state index is 0. The summed E-state index contributed by atoms with van der Waals surface area (Å²) in [5.74, 6) is -0.0246. The molecule has 0 aromatic heterocycles. The topological polar surface area (TPSA) is 125 Å². The van der Waals surface area contributed by atoms with Crippen LogP contribution < -0.4 is 16.6 Å². The Hall–Kier alpha value is -1.66. The summed E-state index contributed by atoms with van der Waals surface area (Å²) in [6.45, 7) is 0. The van der Waals surface area contributed by atoms with Gasteiger partial charge in [0, 0.05) is 31.3 Å². The third-order valence-electron chi connectivity index (χ3n) is 1.65. The maximum atomic E-state index is 11.5. The first kappa shape index (κ1) is 17.7. The molecule has 0 aromatic rings. The number of hydrazine groups is 1. The summed E-state index contributed by atoms with van der Waals surface area (Å²) in [7, 11) is 1.41. The van der Waals surface area contributed by atoms with Crippen molar-refractivity contribution in [1.29, 1.82) is 0 Å². The monoisotopic (exact) mass is 291 g/mol. The van der Waals surface area contributed by atoms with Crippen LogP contribution in [0, 0.1) is 0 Å². The Labute approximate surface area is 111 Å². The molecule has 0 aromatic carbocycles. The van der Waals surface area contributed by atoms with Crippen molar-refractivity contribution in [1.82, 2.24) is 10.9 Å². The van der Waals surface area contributed by atoms with Gasteiger partial charge in [-0.05, 0) is 12.2 Å². The fraction of sp³-hybridized carbons (Fsp3) is 0.111. The first-order valence-electron chi connectivity index (χ1n) is 4.13. The van der Waals surface area contributed by atoms with Crippen molar-refractivity contribution < 1.29 is 39.3 Å². The zero-order chi connectivity index (χ0) is 11.3. The molecule has 17 heavy (non-hydrogen) atoms. The third kappa shape index (κ3) is 5.28. The molecular weight excluding hydrogens is 280 g/mol. The van der Waals surface area contributed by atoms with E-state index in [1.165, 1.54) is 13.3 Å². The van der Waals surface area contributed by atoms with Gasteiger partial charge >= 0.3 is 6.03 Å². The van der Waals surface area contributed by atoms with Crippen LogP contribution in [0.25, 0.3) is 0 Å². The Kier molecular flexibility index (Phi) is 8.85. The number of carbonyl (C=O) groups is 2. The molecule has 0 spiro atoms. The maximum absolute atomic E-state index is 11.5. The van der Waals surface area contributed by atoms with Crippen LogP contribution in [-0.2, 0) is 29.0 Å². The fourth-order valence-corrected chi connectivity index (χ4v) is 0.992. The average Bonchev–Trinajstić information content (AvgIpc) is 2.20. The molecule has 7 nitrogen and oxygen atoms in total. The molecule has 0 aliphatic heterocycles. The van der Waals surface area contributed by atoms with Crippen molar-refractivity contribution in [2.45, 2.75) is 0 Å². The zero-order valence-corrected chi connectivity index (χ0v) is 12.3. The summed E-state index contributed by atoms with van der Waals surface area (Å²) in [6, 6.07) is -0.735. The number of Topliss-reactive ketones (excluding diaryl/α,β-unsaturated/α-hetero) is 1. The van der Waals surface area contributed by atoms with Crippen LogP contribution in [-0.4, -0.2) is 24.4 Å². The molecule has 2 amide bonds. The number of hydrogen-bond acceptors (Lipinski definition) is 4. The van der Waals surface area contributed by atoms with Crippen molar-refractivity contribution in [3.8, 4) is 0 Å². The predicted molar refractivity (Wildman–Crippen MR) is 56.8 cm³/mol. The van der Waals surface area contributed by atoms with E-state index in [9.17, 15) is 9.59 Å². The largest absolute Gasteiger partial charge is 0.493 e. The molecule has 0 saturated carbocycles. The standard InChI is InChI=1S/C9H11N3O3.H2O.Zn/c1-15-7-4-2-3-6(8(7)13)5-11-12-9(10)14;;/h2-5,11H,1H3,(H3,10,12,14);1H2;/b6-5-;;. The van der Waals surface area contributed by atoms with Gasteiger partial charge in [0.1, 0.15) is 0 Å². The summed E-state index contributed by atoms with van der Waals surface area (Å²) < 4.78 is 4.84. The number of hydrogen-bond donors (Lipinski definition) is 3. The van der Waals surface area contributed by atoms with Crippen molar-refractivity contribution in [2.24, 2.45) is 5.73 Å². The van der Waals surface area contributed by atoms with Crippen LogP contribution >= 0.6 is 0 Å². The minimum atomic E-state index is -0.735. The van der Waals surface area contributed by atoms with Crippen molar-refractivity contribution in [3.63, 3.8) is 0 Å². The number of primary amides is 1. The molecule has 0 bridgehead atoms. The molecule has 0 atom stereocenters. The van der Waals surface area contributed by atoms with Gasteiger partial charge in [-0.15, -0.1) is 0 Å². The summed E-state index contributed by atoms with van der Waals surface area (Å²) in [5.41, 5.74) is 9.68. The van der Waals surface area contributed by atoms with Crippen molar-refractivity contribution in [3.05, 3.63) is 35.8 Å². The first-order valence-corrected chi connectivity index (χ1v) is 4.13. The number of ketones is 1. The van der Waals surface area contributed by atoms with Gasteiger partial charge in [0.2, 0.25) is 5.78 Å². The number of urea groups is 1. The smallest absolute Gasteiger partial charge is 0.330 e. The van der Waals surface area contributed by atoms with Gasteiger partial charge < -0.3 is 21.4 Å². The summed E-state index contributed by atoms with van der Waals surface area (Å²) >= 11 is 0. The second-order valence-corrected chi connectivity index (χ2v) is 2.66. The molecule has 90 valence electrons. The zero-order valence-electron chi connectivity index (χ0n) is 9.32. The van der Waals surface area contributed by atoms with Gasteiger partial charge in [0.15, 0.2) is 5.76 Å². The summed E-state index contributed by atoms with van der Waals surface area (Å²) in [5, 5.41) is 0. The molecule has 1 aliphatic rings. The Bertz CT molecular complexity index is 376. The van der Waals surface area contributed by atoms with Gasteiger partial charge in [0.25, 0.3) is 0 Å². The number of allylic oxidation sites excluding steroid dienone is 4. The van der Waals surface area contributed by atoms with E-state index in [2.05, 4.69) is 10.9 Å². The summed E-state index contributed by atoms with van der Waals surface area (Å²) in [6.07, 6.45) is 6.13. The van der Waals surface area contributed by atoms with Crippen LogP contribution in [0.1, 0.15) is 0 Å². The average molecular weight is 293 g/mol. The van der Waals surface area contributed by atoms with Gasteiger partial charge in [-0.2, -0.15) is 0 Å². The number of nitrogens with one attached hydrogen (secondary N) is 2. The normalized spacial score (nSPS) is 15.2. The molecular formula is C9H13N3O4Zn. The van der Waals surface area contributed by atoms with Crippen LogP contribution in [0.2, 0.25) is 0 Å². The number of methoxy groups -OCH3 is 1. The second-order valence-electron chi connectivity index (χ2n) is 2.66. The van der Waals surface area contributed by atoms with E-state index in [4.69, 9.17) is 10.5 Å². The second kappa shape index (κ2) is 8.49. The minimum Gasteiger partial charge on any atom is -0.493 e. The number of rotatable bonds is 3. The van der Waals surface area contributed by atoms with Crippen LogP contribution in [0.5, 0.6) is 0 Å². The predicted octanol–water partition coefficient (Wildman–Crippen LogP) is -1.11. The van der Waals surface area contributed by atoms with Gasteiger partial charge in [-0.25, -0.2) is 4.79 Å². The quantitative estimate of drug-likeness (QED) is 0.346. The first-order chi connectivity index (χ1) is 7.15. The van der Waals surface area contributed by atoms with E-state index in [0.29, 0.717) is 5.57 Å². The maximum Gasteiger partial charge on any atom is 0.330 e. The van der Waals surface area contributed by atoms with Crippen LogP contribution in [0.4, 0.5) is 4.79 Å². The molecule has 1 rings (SSSR count). The van der Waals surface area contributed by atoms with Crippen LogP contribution in [0.15, 0.2) is 35.8 Å². The van der Waals surface area contributed by atoms with E-state index in [0.717, 1.165) is 0 Å². The van der Waals surface area contributed by atoms with Gasteiger partial charge in [-0.1, -0.05) is 6.08 Å². The Morgan fingerprint density at radius 1 is 1.53 bits per heavy atom. The number of amides is 2. The van der Waals surface area contributed by atoms with E-state index >= 15 is 0 Å². The number of nitrogens with two attached hydrogens (primary N) is 1. The molecule has 0 unspecified atom stereocenters. The van der Waals surface area contributed by atoms with Gasteiger partial charge in [-0.3, -0.25) is 10.2 Å². The van der Waals surface area contributed by atoms with E-state index in [1.807, 2.05) is 0 Å². The van der Waals surface area contributed by atoms with Crippen molar-refractivity contribution >= 4 is 11.8 Å². The Morgan fingerprint density at radius 2 is 2.18 bits per heavy atom. The van der Waals surface area contributed by atoms with E-state index in [-0.39, 0.29) is 36.5 Å². The molecule has 0 fully saturated rings. The van der Waals surface area contributed by atoms with Crippen molar-refractivity contribution in [2.75, 3.05) is 7.11 Å². The fourth-order valence-electron chi connectivity index (χ4n) is 0.992. The third-order valence-corrected chi connectivity index (χ3v) is 1.65.